The number of nitrogens with zero attached hydrogens (tertiary/aromatic N) is 1. The molecule has 2 rings (SSSR count). The molecule has 0 spiro atoms. The van der Waals surface area contributed by atoms with Crippen molar-refractivity contribution in [2.45, 2.75) is 12.5 Å². The van der Waals surface area contributed by atoms with Gasteiger partial charge in [-0.05, 0) is 12.2 Å². The van der Waals surface area contributed by atoms with Gasteiger partial charge in [0.1, 0.15) is 5.82 Å². The second kappa shape index (κ2) is 3.72. The first-order valence-electron chi connectivity index (χ1n) is 4.59. The summed E-state index contributed by atoms with van der Waals surface area (Å²) in [7, 11) is 0. The van der Waals surface area contributed by atoms with E-state index in [1.807, 2.05) is 0 Å². The number of amides is 1. The summed E-state index contributed by atoms with van der Waals surface area (Å²) >= 11 is 4.73. The first-order chi connectivity index (χ1) is 7.49. The van der Waals surface area contributed by atoms with Crippen LogP contribution in [0.2, 0.25) is 0 Å². The van der Waals surface area contributed by atoms with Gasteiger partial charge >= 0.3 is 0 Å². The van der Waals surface area contributed by atoms with E-state index in [0.717, 1.165) is 4.90 Å². The van der Waals surface area contributed by atoms with Gasteiger partial charge in [0.2, 0.25) is 5.91 Å². The van der Waals surface area contributed by atoms with Crippen LogP contribution in [0.25, 0.3) is 0 Å². The number of hydrogen-bond acceptors (Lipinski definition) is 5. The maximum atomic E-state index is 11.6. The van der Waals surface area contributed by atoms with Crippen molar-refractivity contribution in [3.8, 4) is 0 Å². The molecule has 1 amide bonds. The number of carbonyl (C=O) groups excluding carboxylic acids is 1. The first kappa shape index (κ1) is 10.8. The van der Waals surface area contributed by atoms with Crippen LogP contribution < -0.4 is 16.2 Å². The van der Waals surface area contributed by atoms with Crippen molar-refractivity contribution >= 4 is 29.6 Å². The summed E-state index contributed by atoms with van der Waals surface area (Å²) in [6.45, 7) is 0.0662. The van der Waals surface area contributed by atoms with Crippen molar-refractivity contribution in [2.75, 3.05) is 17.2 Å². The highest BCUT2D eigenvalue weighted by atomic mass is 32.1. The van der Waals surface area contributed by atoms with Gasteiger partial charge < -0.3 is 20.7 Å². The molecule has 1 aromatic heterocycles. The zero-order valence-corrected chi connectivity index (χ0v) is 9.00. The van der Waals surface area contributed by atoms with Gasteiger partial charge in [-0.3, -0.25) is 14.6 Å². The summed E-state index contributed by atoms with van der Waals surface area (Å²) in [6.07, 6.45) is -0.774. The molecule has 0 aromatic carbocycles. The number of H-pyrrole nitrogens is 2. The van der Waals surface area contributed by atoms with Gasteiger partial charge in [-0.15, -0.1) is 0 Å². The molecular formula is C8H10N4O3S. The van der Waals surface area contributed by atoms with Gasteiger partial charge in [0, 0.05) is 0 Å². The Kier molecular flexibility index (Phi) is 2.52. The Bertz CT molecular complexity index is 549. The van der Waals surface area contributed by atoms with Gasteiger partial charge in [0.05, 0.1) is 19.1 Å². The lowest BCUT2D eigenvalue weighted by Crippen LogP contribution is -2.32. The number of aliphatic hydroxyl groups is 1. The van der Waals surface area contributed by atoms with Crippen LogP contribution in [0, 0.1) is 4.77 Å². The molecule has 1 aliphatic heterocycles. The van der Waals surface area contributed by atoms with E-state index >= 15 is 0 Å². The fourth-order valence-corrected chi connectivity index (χ4v) is 1.87. The van der Waals surface area contributed by atoms with Crippen LogP contribution in [0.5, 0.6) is 0 Å². The molecule has 1 saturated heterocycles. The van der Waals surface area contributed by atoms with Crippen LogP contribution in [0.15, 0.2) is 4.79 Å². The lowest BCUT2D eigenvalue weighted by atomic mass is 10.3. The third-order valence-electron chi connectivity index (χ3n) is 2.32. The molecule has 86 valence electrons. The second-order valence-electron chi connectivity index (χ2n) is 3.53. The third-order valence-corrected chi connectivity index (χ3v) is 2.52. The van der Waals surface area contributed by atoms with E-state index in [0.29, 0.717) is 0 Å². The number of nitrogens with two attached hydrogens (primary N) is 1. The van der Waals surface area contributed by atoms with E-state index in [9.17, 15) is 14.7 Å². The van der Waals surface area contributed by atoms with Gasteiger partial charge in [-0.2, -0.15) is 0 Å². The summed E-state index contributed by atoms with van der Waals surface area (Å²) in [5.41, 5.74) is 5.06. The van der Waals surface area contributed by atoms with Crippen molar-refractivity contribution < 1.29 is 9.90 Å². The van der Waals surface area contributed by atoms with Crippen molar-refractivity contribution in [3.05, 3.63) is 15.1 Å². The van der Waals surface area contributed by atoms with E-state index in [1.165, 1.54) is 0 Å². The molecule has 0 radical (unpaired) electrons. The summed E-state index contributed by atoms with van der Waals surface area (Å²) in [4.78, 5) is 29.1. The molecular weight excluding hydrogens is 232 g/mol. The number of nitrogens with one attached hydrogen (secondary N) is 2. The number of hydrogen-bond donors (Lipinski definition) is 4. The Labute approximate surface area is 94.9 Å². The number of aromatic amines is 2. The van der Waals surface area contributed by atoms with E-state index < -0.39 is 11.7 Å². The molecule has 8 heteroatoms. The molecule has 0 saturated carbocycles. The monoisotopic (exact) mass is 242 g/mol. The summed E-state index contributed by atoms with van der Waals surface area (Å²) < 4.78 is 0.0958. The molecule has 0 bridgehead atoms. The normalized spacial score (nSPS) is 20.4. The van der Waals surface area contributed by atoms with E-state index in [2.05, 4.69) is 9.97 Å². The second-order valence-corrected chi connectivity index (χ2v) is 3.94. The SMILES string of the molecule is Nc1[nH]c(=S)[nH]c(=O)c1N1CC(O)CC1=O. The maximum Gasteiger partial charge on any atom is 0.277 e. The summed E-state index contributed by atoms with van der Waals surface area (Å²) in [5, 5.41) is 9.32. The smallest absolute Gasteiger partial charge is 0.277 e. The number of anilines is 2. The molecule has 1 aliphatic rings. The highest BCUT2D eigenvalue weighted by Crippen LogP contribution is 2.21. The Hall–Kier alpha value is -1.67. The zero-order valence-electron chi connectivity index (χ0n) is 8.19. The molecule has 0 aliphatic carbocycles. The van der Waals surface area contributed by atoms with Crippen LogP contribution in [-0.2, 0) is 4.79 Å². The largest absolute Gasteiger partial charge is 0.391 e. The van der Waals surface area contributed by atoms with Crippen LogP contribution in [0.4, 0.5) is 11.5 Å². The van der Waals surface area contributed by atoms with Crippen molar-refractivity contribution in [2.24, 2.45) is 0 Å². The van der Waals surface area contributed by atoms with Crippen LogP contribution >= 0.6 is 12.2 Å². The summed E-state index contributed by atoms with van der Waals surface area (Å²) in [6, 6.07) is 0. The van der Waals surface area contributed by atoms with Gasteiger partial charge in [-0.25, -0.2) is 0 Å². The molecule has 2 heterocycles. The number of β-amino-alcohol motifs (C(OH)–C–C–N with tert-alkyl or cyclic N) is 1. The number of rotatable bonds is 1. The van der Waals surface area contributed by atoms with Crippen LogP contribution in [0.3, 0.4) is 0 Å². The zero-order chi connectivity index (χ0) is 11.9. The molecule has 5 N–H and O–H groups in total. The lowest BCUT2D eigenvalue weighted by Gasteiger charge is -2.16. The molecule has 7 nitrogen and oxygen atoms in total. The van der Waals surface area contributed by atoms with E-state index in [1.54, 1.807) is 0 Å². The van der Waals surface area contributed by atoms with Crippen molar-refractivity contribution in [3.63, 3.8) is 0 Å². The number of nitrogen functional groups attached to an aromatic ring is 1. The third kappa shape index (κ3) is 1.72. The van der Waals surface area contributed by atoms with Crippen LogP contribution in [-0.4, -0.2) is 33.6 Å². The highest BCUT2D eigenvalue weighted by Gasteiger charge is 2.32. The minimum absolute atomic E-state index is 0.00545. The number of aromatic nitrogens is 2. The van der Waals surface area contributed by atoms with Gasteiger partial charge in [0.15, 0.2) is 10.5 Å². The van der Waals surface area contributed by atoms with Crippen molar-refractivity contribution in [1.29, 1.82) is 0 Å². The van der Waals surface area contributed by atoms with E-state index in [4.69, 9.17) is 18.0 Å². The van der Waals surface area contributed by atoms with Gasteiger partial charge in [0.25, 0.3) is 5.56 Å². The van der Waals surface area contributed by atoms with Gasteiger partial charge in [-0.1, -0.05) is 0 Å². The van der Waals surface area contributed by atoms with Crippen LogP contribution in [0.1, 0.15) is 6.42 Å². The average molecular weight is 242 g/mol. The standard InChI is InChI=1S/C8H10N4O3S/c9-6-5(7(15)11-8(16)10-6)12-2-3(13)1-4(12)14/h3,13H,1-2H2,(H4,9,10,11,15,16). The predicted octanol–water partition coefficient (Wildman–Crippen LogP) is -0.888. The van der Waals surface area contributed by atoms with E-state index in [-0.39, 0.29) is 35.1 Å². The Morgan fingerprint density at radius 2 is 2.12 bits per heavy atom. The molecule has 1 unspecified atom stereocenters. The highest BCUT2D eigenvalue weighted by molar-refractivity contribution is 7.71. The average Bonchev–Trinajstić information content (AvgIpc) is 2.43. The Morgan fingerprint density at radius 3 is 2.62 bits per heavy atom. The molecule has 1 atom stereocenters. The number of aliphatic hydroxyl groups excluding tert-OH is 1. The minimum atomic E-state index is -0.769. The minimum Gasteiger partial charge on any atom is -0.391 e. The Morgan fingerprint density at radius 1 is 1.44 bits per heavy atom. The number of carbonyl (C=O) groups is 1. The summed E-state index contributed by atoms with van der Waals surface area (Å²) in [5.74, 6) is -0.314. The van der Waals surface area contributed by atoms with Crippen molar-refractivity contribution in [1.82, 2.24) is 9.97 Å². The molecule has 1 fully saturated rings. The molecule has 1 aromatic rings. The predicted molar refractivity (Wildman–Crippen MR) is 59.6 cm³/mol. The quantitative estimate of drug-likeness (QED) is 0.477. The topological polar surface area (TPSA) is 115 Å². The maximum absolute atomic E-state index is 11.6. The fraction of sp³-hybridized carbons (Fsp3) is 0.375. The Balaban J connectivity index is 2.53. The first-order valence-corrected chi connectivity index (χ1v) is 5.00. The molecule has 16 heavy (non-hydrogen) atoms. The lowest BCUT2D eigenvalue weighted by molar-refractivity contribution is -0.117. The fourth-order valence-electron chi connectivity index (χ4n) is 1.67.